The van der Waals surface area contributed by atoms with Crippen molar-refractivity contribution in [2.45, 2.75) is 13.0 Å². The maximum Gasteiger partial charge on any atom is 0.338 e. The Bertz CT molecular complexity index is 1590. The number of rotatable bonds is 8. The van der Waals surface area contributed by atoms with Crippen molar-refractivity contribution in [3.8, 4) is 17.2 Å². The first-order valence-electron chi connectivity index (χ1n) is 11.2. The number of fused-ring (bicyclic) bond motifs is 1. The van der Waals surface area contributed by atoms with Gasteiger partial charge in [-0.05, 0) is 48.9 Å². The van der Waals surface area contributed by atoms with Crippen LogP contribution in [0.3, 0.4) is 0 Å². The Kier molecular flexibility index (Phi) is 7.85. The lowest BCUT2D eigenvalue weighted by Crippen LogP contribution is -2.40. The summed E-state index contributed by atoms with van der Waals surface area (Å²) in [4.78, 5) is 31.7. The maximum absolute atomic E-state index is 13.8. The highest BCUT2D eigenvalue weighted by Gasteiger charge is 2.35. The second-order valence-corrected chi connectivity index (χ2v) is 9.42. The number of carbonyl (C=O) groups excluding carboxylic acids is 1. The molecule has 0 radical (unpaired) electrons. The van der Waals surface area contributed by atoms with Crippen LogP contribution in [0.1, 0.15) is 24.1 Å². The molecular weight excluding hydrogens is 516 g/mol. The highest BCUT2D eigenvalue weighted by molar-refractivity contribution is 7.07. The molecule has 0 saturated carbocycles. The standard InChI is InChI=1S/C27H25ClN2O6S/c1-6-11-36-20-9-7-16(12-21(20)34-4)13-22-25(31)30-24(18-14-17(28)8-10-19(18)33-3)23(26(32)35-5)15(2)29-27(30)37-22/h6-10,12-14,24H,1,11H2,2-5H3/b22-13-/t24-/m1/s1. The number of nitrogens with zero attached hydrogens (tertiary/aromatic N) is 2. The molecule has 4 rings (SSSR count). The van der Waals surface area contributed by atoms with Gasteiger partial charge in [0, 0.05) is 10.6 Å². The van der Waals surface area contributed by atoms with Crippen molar-refractivity contribution < 1.29 is 23.7 Å². The second-order valence-electron chi connectivity index (χ2n) is 7.97. The van der Waals surface area contributed by atoms with Gasteiger partial charge < -0.3 is 18.9 Å². The van der Waals surface area contributed by atoms with E-state index in [9.17, 15) is 9.59 Å². The van der Waals surface area contributed by atoms with Gasteiger partial charge in [0.1, 0.15) is 18.4 Å². The Balaban J connectivity index is 1.93. The van der Waals surface area contributed by atoms with E-state index >= 15 is 0 Å². The summed E-state index contributed by atoms with van der Waals surface area (Å²) in [5, 5.41) is 0.433. The van der Waals surface area contributed by atoms with Crippen molar-refractivity contribution >= 4 is 35.0 Å². The molecule has 0 aliphatic carbocycles. The van der Waals surface area contributed by atoms with Crippen LogP contribution in [-0.4, -0.2) is 38.5 Å². The number of hydrogen-bond acceptors (Lipinski definition) is 8. The first-order chi connectivity index (χ1) is 17.8. The van der Waals surface area contributed by atoms with Crippen LogP contribution in [0.2, 0.25) is 5.02 Å². The molecule has 8 nitrogen and oxygen atoms in total. The van der Waals surface area contributed by atoms with E-state index in [1.807, 2.05) is 6.07 Å². The molecule has 1 aliphatic rings. The number of methoxy groups -OCH3 is 3. The molecular formula is C27H25ClN2O6S. The summed E-state index contributed by atoms with van der Waals surface area (Å²) < 4.78 is 23.6. The van der Waals surface area contributed by atoms with Crippen LogP contribution in [0, 0.1) is 0 Å². The summed E-state index contributed by atoms with van der Waals surface area (Å²) in [6.45, 7) is 5.70. The lowest BCUT2D eigenvalue weighted by Gasteiger charge is -2.25. The van der Waals surface area contributed by atoms with Crippen LogP contribution in [0.5, 0.6) is 17.2 Å². The number of halogens is 1. The van der Waals surface area contributed by atoms with Gasteiger partial charge >= 0.3 is 5.97 Å². The number of carbonyl (C=O) groups is 1. The molecule has 192 valence electrons. The number of benzene rings is 2. The van der Waals surface area contributed by atoms with E-state index in [1.165, 1.54) is 30.1 Å². The van der Waals surface area contributed by atoms with Crippen LogP contribution in [-0.2, 0) is 9.53 Å². The van der Waals surface area contributed by atoms with Gasteiger partial charge in [0.15, 0.2) is 16.3 Å². The van der Waals surface area contributed by atoms with E-state index in [0.29, 0.717) is 49.5 Å². The van der Waals surface area contributed by atoms with Crippen LogP contribution >= 0.6 is 22.9 Å². The van der Waals surface area contributed by atoms with Crippen LogP contribution in [0.4, 0.5) is 0 Å². The third kappa shape index (κ3) is 5.05. The SMILES string of the molecule is C=CCOc1ccc(/C=c2\sc3n(c2=O)[C@H](c2cc(Cl)ccc2OC)C(C(=O)OC)=C(C)N=3)cc1OC. The number of allylic oxidation sites excluding steroid dienone is 1. The zero-order valence-corrected chi connectivity index (χ0v) is 22.3. The second kappa shape index (κ2) is 11.1. The number of aromatic nitrogens is 1. The summed E-state index contributed by atoms with van der Waals surface area (Å²) in [7, 11) is 4.35. The number of esters is 1. The van der Waals surface area contributed by atoms with Gasteiger partial charge in [-0.2, -0.15) is 0 Å². The van der Waals surface area contributed by atoms with Gasteiger partial charge in [0.2, 0.25) is 0 Å². The third-order valence-corrected chi connectivity index (χ3v) is 6.97. The zero-order chi connectivity index (χ0) is 26.7. The van der Waals surface area contributed by atoms with Crippen molar-refractivity contribution in [1.82, 2.24) is 4.57 Å². The summed E-state index contributed by atoms with van der Waals surface area (Å²) in [6, 6.07) is 9.57. The summed E-state index contributed by atoms with van der Waals surface area (Å²) in [6.07, 6.45) is 3.39. The molecule has 0 N–H and O–H groups in total. The molecule has 10 heteroatoms. The minimum atomic E-state index is -0.844. The normalized spacial score (nSPS) is 15.1. The lowest BCUT2D eigenvalue weighted by molar-refractivity contribution is -0.136. The molecule has 3 aromatic rings. The monoisotopic (exact) mass is 540 g/mol. The maximum atomic E-state index is 13.8. The topological polar surface area (TPSA) is 88.4 Å². The highest BCUT2D eigenvalue weighted by atomic mass is 35.5. The van der Waals surface area contributed by atoms with Crippen molar-refractivity contribution in [3.05, 3.63) is 96.2 Å². The first-order valence-corrected chi connectivity index (χ1v) is 12.4. The molecule has 0 fully saturated rings. The van der Waals surface area contributed by atoms with Crippen molar-refractivity contribution in [2.24, 2.45) is 4.99 Å². The quantitative estimate of drug-likeness (QED) is 0.320. The number of ether oxygens (including phenoxy) is 4. The van der Waals surface area contributed by atoms with Crippen LogP contribution < -0.4 is 29.1 Å². The number of thiazole rings is 1. The fourth-order valence-corrected chi connectivity index (χ4v) is 5.33. The molecule has 37 heavy (non-hydrogen) atoms. The van der Waals surface area contributed by atoms with Gasteiger partial charge in [-0.25, -0.2) is 9.79 Å². The van der Waals surface area contributed by atoms with Gasteiger partial charge in [0.25, 0.3) is 5.56 Å². The van der Waals surface area contributed by atoms with Crippen LogP contribution in [0.25, 0.3) is 6.08 Å². The average Bonchev–Trinajstić information content (AvgIpc) is 3.20. The fraction of sp³-hybridized carbons (Fsp3) is 0.222. The largest absolute Gasteiger partial charge is 0.496 e. The highest BCUT2D eigenvalue weighted by Crippen LogP contribution is 2.37. The Morgan fingerprint density at radius 3 is 2.54 bits per heavy atom. The molecule has 2 aromatic carbocycles. The van der Waals surface area contributed by atoms with Gasteiger partial charge in [0.05, 0.1) is 37.1 Å². The van der Waals surface area contributed by atoms with E-state index in [2.05, 4.69) is 11.6 Å². The minimum absolute atomic E-state index is 0.229. The summed E-state index contributed by atoms with van der Waals surface area (Å²) >= 11 is 7.53. The first kappa shape index (κ1) is 26.2. The Morgan fingerprint density at radius 1 is 1.14 bits per heavy atom. The average molecular weight is 541 g/mol. The van der Waals surface area contributed by atoms with Crippen LogP contribution in [0.15, 0.2) is 70.1 Å². The zero-order valence-electron chi connectivity index (χ0n) is 20.7. The van der Waals surface area contributed by atoms with Gasteiger partial charge in [-0.15, -0.1) is 0 Å². The molecule has 0 bridgehead atoms. The molecule has 0 spiro atoms. The van der Waals surface area contributed by atoms with E-state index in [-0.39, 0.29) is 11.1 Å². The predicted molar refractivity (Wildman–Crippen MR) is 142 cm³/mol. The molecule has 2 heterocycles. The fourth-order valence-electron chi connectivity index (χ4n) is 4.10. The molecule has 0 unspecified atom stereocenters. The molecule has 1 aliphatic heterocycles. The number of hydrogen-bond donors (Lipinski definition) is 0. The van der Waals surface area contributed by atoms with E-state index in [4.69, 9.17) is 30.5 Å². The Hall–Kier alpha value is -3.82. The van der Waals surface area contributed by atoms with E-state index in [0.717, 1.165) is 5.56 Å². The molecule has 0 saturated heterocycles. The lowest BCUT2D eigenvalue weighted by atomic mass is 9.95. The summed E-state index contributed by atoms with van der Waals surface area (Å²) in [5.74, 6) is 0.962. The van der Waals surface area contributed by atoms with Crippen molar-refractivity contribution in [3.63, 3.8) is 0 Å². The van der Waals surface area contributed by atoms with E-state index < -0.39 is 12.0 Å². The van der Waals surface area contributed by atoms with Crippen molar-refractivity contribution in [1.29, 1.82) is 0 Å². The van der Waals surface area contributed by atoms with Crippen molar-refractivity contribution in [2.75, 3.05) is 27.9 Å². The molecule has 0 amide bonds. The minimum Gasteiger partial charge on any atom is -0.496 e. The third-order valence-electron chi connectivity index (χ3n) is 5.76. The smallest absolute Gasteiger partial charge is 0.338 e. The van der Waals surface area contributed by atoms with Gasteiger partial charge in [-0.1, -0.05) is 41.7 Å². The Labute approximate surface area is 222 Å². The summed E-state index contributed by atoms with van der Waals surface area (Å²) in [5.41, 5.74) is 1.62. The Morgan fingerprint density at radius 2 is 1.86 bits per heavy atom. The molecule has 1 aromatic heterocycles. The van der Waals surface area contributed by atoms with Gasteiger partial charge in [-0.3, -0.25) is 9.36 Å². The van der Waals surface area contributed by atoms with E-state index in [1.54, 1.807) is 56.5 Å². The predicted octanol–water partition coefficient (Wildman–Crippen LogP) is 3.64. The molecule has 1 atom stereocenters.